The van der Waals surface area contributed by atoms with Crippen molar-refractivity contribution in [2.75, 3.05) is 0 Å². The van der Waals surface area contributed by atoms with Crippen molar-refractivity contribution in [1.82, 2.24) is 0 Å². The lowest BCUT2D eigenvalue weighted by Gasteiger charge is -2.16. The number of rotatable bonds is 2. The highest BCUT2D eigenvalue weighted by Crippen LogP contribution is 2.28. The summed E-state index contributed by atoms with van der Waals surface area (Å²) < 4.78 is 0. The average Bonchev–Trinajstić information content (AvgIpc) is 2.26. The first-order valence-corrected chi connectivity index (χ1v) is 5.30. The topological polar surface area (TPSA) is 0 Å². The Morgan fingerprint density at radius 2 is 2.14 bits per heavy atom. The van der Waals surface area contributed by atoms with Crippen molar-refractivity contribution in [3.8, 4) is 0 Å². The Hall–Kier alpha value is -1.30. The van der Waals surface area contributed by atoms with Crippen LogP contribution < -0.4 is 0 Å². The van der Waals surface area contributed by atoms with Crippen LogP contribution in [-0.4, -0.2) is 0 Å². The Balaban J connectivity index is 2.30. The summed E-state index contributed by atoms with van der Waals surface area (Å²) >= 11 is 0. The van der Waals surface area contributed by atoms with E-state index in [0.717, 1.165) is 6.42 Å². The minimum atomic E-state index is 1.08. The molecular weight excluding hydrogens is 168 g/mol. The quantitative estimate of drug-likeness (QED) is 0.610. The molecule has 0 spiro atoms. The van der Waals surface area contributed by atoms with E-state index >= 15 is 0 Å². The van der Waals surface area contributed by atoms with Gasteiger partial charge in [-0.25, -0.2) is 0 Å². The van der Waals surface area contributed by atoms with E-state index in [9.17, 15) is 0 Å². The Morgan fingerprint density at radius 3 is 3.00 bits per heavy atom. The molecule has 72 valence electrons. The summed E-state index contributed by atoms with van der Waals surface area (Å²) in [5.41, 5.74) is 4.45. The first-order chi connectivity index (χ1) is 6.92. The van der Waals surface area contributed by atoms with Gasteiger partial charge in [-0.3, -0.25) is 0 Å². The second kappa shape index (κ2) is 4.28. The zero-order valence-electron chi connectivity index (χ0n) is 8.66. The van der Waals surface area contributed by atoms with Crippen molar-refractivity contribution in [3.05, 3.63) is 53.6 Å². The van der Waals surface area contributed by atoms with Gasteiger partial charge in [0.1, 0.15) is 0 Å². The van der Waals surface area contributed by atoms with Crippen molar-refractivity contribution >= 4 is 5.57 Å². The van der Waals surface area contributed by atoms with Crippen LogP contribution in [0.2, 0.25) is 0 Å². The van der Waals surface area contributed by atoms with Crippen LogP contribution in [0.1, 0.15) is 30.9 Å². The van der Waals surface area contributed by atoms with Gasteiger partial charge in [-0.15, -0.1) is 0 Å². The minimum Gasteiger partial charge on any atom is -0.0913 e. The molecule has 0 bridgehead atoms. The van der Waals surface area contributed by atoms with Crippen molar-refractivity contribution in [2.45, 2.75) is 26.2 Å². The molecule has 0 saturated carbocycles. The van der Waals surface area contributed by atoms with Gasteiger partial charge >= 0.3 is 0 Å². The molecule has 0 heteroatoms. The van der Waals surface area contributed by atoms with Gasteiger partial charge in [-0.05, 0) is 42.9 Å². The Bertz CT molecular complexity index is 369. The molecule has 0 saturated heterocycles. The monoisotopic (exact) mass is 184 g/mol. The standard InChI is InChI=1S/C14H16/c1-2-3-7-12-9-6-10-13-8-4-5-11-14(12)13/h2-5,8-9,11H,6-7,10H2,1H3/b3-2+. The van der Waals surface area contributed by atoms with E-state index < -0.39 is 0 Å². The number of aryl methyl sites for hydroxylation is 1. The molecule has 0 aromatic heterocycles. The van der Waals surface area contributed by atoms with E-state index in [1.165, 1.54) is 29.5 Å². The lowest BCUT2D eigenvalue weighted by molar-refractivity contribution is 0.969. The summed E-state index contributed by atoms with van der Waals surface area (Å²) in [5, 5.41) is 0. The Morgan fingerprint density at radius 1 is 1.29 bits per heavy atom. The van der Waals surface area contributed by atoms with Crippen LogP contribution in [0, 0.1) is 0 Å². The predicted octanol–water partition coefficient (Wildman–Crippen LogP) is 3.98. The van der Waals surface area contributed by atoms with E-state index in [2.05, 4.69) is 49.4 Å². The molecule has 0 heterocycles. The summed E-state index contributed by atoms with van der Waals surface area (Å²) in [7, 11) is 0. The molecule has 1 aromatic carbocycles. The summed E-state index contributed by atoms with van der Waals surface area (Å²) in [6.07, 6.45) is 10.2. The maximum atomic E-state index is 2.38. The molecule has 1 aromatic rings. The molecular formula is C14H16. The van der Waals surface area contributed by atoms with Crippen LogP contribution in [0.25, 0.3) is 5.57 Å². The van der Waals surface area contributed by atoms with Crippen LogP contribution in [0.15, 0.2) is 42.5 Å². The summed E-state index contributed by atoms with van der Waals surface area (Å²) in [5.74, 6) is 0. The molecule has 0 aliphatic heterocycles. The third kappa shape index (κ3) is 1.79. The van der Waals surface area contributed by atoms with Crippen molar-refractivity contribution in [3.63, 3.8) is 0 Å². The minimum absolute atomic E-state index is 1.08. The SMILES string of the molecule is C/C=C/CC1=CCCc2ccccc21. The highest BCUT2D eigenvalue weighted by atomic mass is 14.1. The van der Waals surface area contributed by atoms with Gasteiger partial charge in [0, 0.05) is 0 Å². The van der Waals surface area contributed by atoms with Gasteiger partial charge < -0.3 is 0 Å². The first kappa shape index (κ1) is 9.26. The lowest BCUT2D eigenvalue weighted by atomic mass is 9.89. The summed E-state index contributed by atoms with van der Waals surface area (Å²) in [4.78, 5) is 0. The molecule has 2 rings (SSSR count). The second-order valence-corrected chi connectivity index (χ2v) is 3.70. The fourth-order valence-electron chi connectivity index (χ4n) is 2.00. The van der Waals surface area contributed by atoms with E-state index in [1.807, 2.05) is 0 Å². The highest BCUT2D eigenvalue weighted by molar-refractivity contribution is 5.70. The van der Waals surface area contributed by atoms with Gasteiger partial charge in [0.15, 0.2) is 0 Å². The normalized spacial score (nSPS) is 15.4. The zero-order chi connectivity index (χ0) is 9.80. The molecule has 1 aliphatic rings. The van der Waals surface area contributed by atoms with Crippen LogP contribution >= 0.6 is 0 Å². The number of allylic oxidation sites excluding steroid dienone is 4. The van der Waals surface area contributed by atoms with Gasteiger partial charge in [0.25, 0.3) is 0 Å². The molecule has 14 heavy (non-hydrogen) atoms. The molecule has 0 nitrogen and oxygen atoms in total. The second-order valence-electron chi connectivity index (χ2n) is 3.70. The van der Waals surface area contributed by atoms with Gasteiger partial charge in [0.05, 0.1) is 0 Å². The molecule has 0 amide bonds. The number of hydrogen-bond acceptors (Lipinski definition) is 0. The number of hydrogen-bond donors (Lipinski definition) is 0. The van der Waals surface area contributed by atoms with Gasteiger partial charge in [-0.2, -0.15) is 0 Å². The first-order valence-electron chi connectivity index (χ1n) is 5.30. The average molecular weight is 184 g/mol. The summed E-state index contributed by atoms with van der Waals surface area (Å²) in [6, 6.07) is 8.76. The zero-order valence-corrected chi connectivity index (χ0v) is 8.66. The third-order valence-corrected chi connectivity index (χ3v) is 2.74. The van der Waals surface area contributed by atoms with Gasteiger partial charge in [0.2, 0.25) is 0 Å². The molecule has 0 radical (unpaired) electrons. The fourth-order valence-corrected chi connectivity index (χ4v) is 2.00. The lowest BCUT2D eigenvalue weighted by Crippen LogP contribution is -1.98. The van der Waals surface area contributed by atoms with E-state index in [4.69, 9.17) is 0 Å². The van der Waals surface area contributed by atoms with Crippen LogP contribution in [-0.2, 0) is 6.42 Å². The maximum absolute atomic E-state index is 2.38. The summed E-state index contributed by atoms with van der Waals surface area (Å²) in [6.45, 7) is 2.08. The number of benzene rings is 1. The van der Waals surface area contributed by atoms with Gasteiger partial charge in [-0.1, -0.05) is 42.5 Å². The van der Waals surface area contributed by atoms with Crippen LogP contribution in [0.5, 0.6) is 0 Å². The molecule has 0 unspecified atom stereocenters. The Kier molecular flexibility index (Phi) is 2.83. The van der Waals surface area contributed by atoms with E-state index in [0.29, 0.717) is 0 Å². The van der Waals surface area contributed by atoms with Crippen LogP contribution in [0.3, 0.4) is 0 Å². The molecule has 0 atom stereocenters. The van der Waals surface area contributed by atoms with E-state index in [1.54, 1.807) is 0 Å². The molecule has 1 aliphatic carbocycles. The fraction of sp³-hybridized carbons (Fsp3) is 0.286. The van der Waals surface area contributed by atoms with Crippen LogP contribution in [0.4, 0.5) is 0 Å². The van der Waals surface area contributed by atoms with Crippen molar-refractivity contribution in [1.29, 1.82) is 0 Å². The highest BCUT2D eigenvalue weighted by Gasteiger charge is 2.09. The predicted molar refractivity (Wildman–Crippen MR) is 62.2 cm³/mol. The Labute approximate surface area is 86.0 Å². The largest absolute Gasteiger partial charge is 0.0913 e. The van der Waals surface area contributed by atoms with Crippen molar-refractivity contribution in [2.24, 2.45) is 0 Å². The maximum Gasteiger partial charge on any atom is -0.00947 e. The molecule has 0 N–H and O–H groups in total. The van der Waals surface area contributed by atoms with Crippen molar-refractivity contribution < 1.29 is 0 Å². The molecule has 0 fully saturated rings. The third-order valence-electron chi connectivity index (χ3n) is 2.74. The smallest absolute Gasteiger partial charge is 0.00947 e. The number of fused-ring (bicyclic) bond motifs is 1. The van der Waals surface area contributed by atoms with E-state index in [-0.39, 0.29) is 0 Å².